The number of benzene rings is 1. The quantitative estimate of drug-likeness (QED) is 0.911. The molecule has 17 heavy (non-hydrogen) atoms. The third kappa shape index (κ3) is 2.81. The first-order valence-electron chi connectivity index (χ1n) is 5.13. The standard InChI is InChI=1S/C11H11ClFN3O/c1-14-5-4-10-15-16-11(17-10)8-3-2-7(12)6-9(8)13/h2-3,6,14H,4-5H2,1H3. The van der Waals surface area contributed by atoms with Gasteiger partial charge in [0.25, 0.3) is 5.89 Å². The van der Waals surface area contributed by atoms with Crippen LogP contribution in [0.1, 0.15) is 5.89 Å². The summed E-state index contributed by atoms with van der Waals surface area (Å²) in [4.78, 5) is 0. The number of hydrogen-bond donors (Lipinski definition) is 1. The van der Waals surface area contributed by atoms with Crippen molar-refractivity contribution in [2.75, 3.05) is 13.6 Å². The van der Waals surface area contributed by atoms with Gasteiger partial charge in [-0.2, -0.15) is 0 Å². The Bertz CT molecular complexity index is 515. The Morgan fingerprint density at radius 3 is 2.94 bits per heavy atom. The monoisotopic (exact) mass is 255 g/mol. The molecule has 2 aromatic rings. The molecule has 0 aliphatic carbocycles. The highest BCUT2D eigenvalue weighted by Crippen LogP contribution is 2.24. The summed E-state index contributed by atoms with van der Waals surface area (Å²) in [6.07, 6.45) is 0.610. The van der Waals surface area contributed by atoms with Crippen molar-refractivity contribution in [3.63, 3.8) is 0 Å². The average molecular weight is 256 g/mol. The fourth-order valence-corrected chi connectivity index (χ4v) is 1.52. The first kappa shape index (κ1) is 12.0. The van der Waals surface area contributed by atoms with Gasteiger partial charge in [-0.05, 0) is 25.2 Å². The molecule has 0 unspecified atom stereocenters. The summed E-state index contributed by atoms with van der Waals surface area (Å²) in [6.45, 7) is 0.727. The molecule has 0 amide bonds. The number of hydrogen-bond acceptors (Lipinski definition) is 4. The van der Waals surface area contributed by atoms with Crippen molar-refractivity contribution in [2.45, 2.75) is 6.42 Å². The number of rotatable bonds is 4. The fourth-order valence-electron chi connectivity index (χ4n) is 1.36. The number of nitrogens with one attached hydrogen (secondary N) is 1. The van der Waals surface area contributed by atoms with E-state index in [1.54, 1.807) is 6.07 Å². The van der Waals surface area contributed by atoms with Crippen molar-refractivity contribution in [3.8, 4) is 11.5 Å². The summed E-state index contributed by atoms with van der Waals surface area (Å²) in [5.41, 5.74) is 0.262. The van der Waals surface area contributed by atoms with Crippen molar-refractivity contribution in [2.24, 2.45) is 0 Å². The maximum Gasteiger partial charge on any atom is 0.250 e. The lowest BCUT2D eigenvalue weighted by Gasteiger charge is -1.97. The highest BCUT2D eigenvalue weighted by Gasteiger charge is 2.12. The number of halogens is 2. The molecule has 0 radical (unpaired) electrons. The van der Waals surface area contributed by atoms with E-state index < -0.39 is 5.82 Å². The van der Waals surface area contributed by atoms with Gasteiger partial charge in [-0.25, -0.2) is 4.39 Å². The molecule has 0 bridgehead atoms. The van der Waals surface area contributed by atoms with Crippen LogP contribution in [0.2, 0.25) is 5.02 Å². The topological polar surface area (TPSA) is 51.0 Å². The van der Waals surface area contributed by atoms with E-state index in [9.17, 15) is 4.39 Å². The maximum atomic E-state index is 13.6. The number of likely N-dealkylation sites (N-methyl/N-ethyl adjacent to an activating group) is 1. The van der Waals surface area contributed by atoms with Crippen LogP contribution in [0.15, 0.2) is 22.6 Å². The van der Waals surface area contributed by atoms with Crippen molar-refractivity contribution >= 4 is 11.6 Å². The molecule has 0 spiro atoms. The largest absolute Gasteiger partial charge is 0.421 e. The van der Waals surface area contributed by atoms with Gasteiger partial charge in [0.2, 0.25) is 5.89 Å². The number of nitrogens with zero attached hydrogens (tertiary/aromatic N) is 2. The zero-order valence-corrected chi connectivity index (χ0v) is 9.96. The molecular formula is C11H11ClFN3O. The predicted octanol–water partition coefficient (Wildman–Crippen LogP) is 2.29. The first-order chi connectivity index (χ1) is 8.20. The highest BCUT2D eigenvalue weighted by atomic mass is 35.5. The van der Waals surface area contributed by atoms with Gasteiger partial charge in [-0.15, -0.1) is 10.2 Å². The van der Waals surface area contributed by atoms with E-state index >= 15 is 0 Å². The van der Waals surface area contributed by atoms with E-state index in [0.29, 0.717) is 17.3 Å². The highest BCUT2D eigenvalue weighted by molar-refractivity contribution is 6.30. The van der Waals surface area contributed by atoms with Crippen LogP contribution >= 0.6 is 11.6 Å². The van der Waals surface area contributed by atoms with E-state index in [1.165, 1.54) is 12.1 Å². The Hall–Kier alpha value is -1.46. The van der Waals surface area contributed by atoms with E-state index in [2.05, 4.69) is 15.5 Å². The molecule has 0 saturated carbocycles. The molecule has 2 rings (SSSR count). The smallest absolute Gasteiger partial charge is 0.250 e. The number of aromatic nitrogens is 2. The Morgan fingerprint density at radius 1 is 1.41 bits per heavy atom. The molecule has 0 atom stereocenters. The summed E-state index contributed by atoms with van der Waals surface area (Å²) in [7, 11) is 1.83. The van der Waals surface area contributed by atoms with Crippen molar-refractivity contribution < 1.29 is 8.81 Å². The van der Waals surface area contributed by atoms with Gasteiger partial charge in [0, 0.05) is 18.0 Å². The lowest BCUT2D eigenvalue weighted by Crippen LogP contribution is -2.10. The molecular weight excluding hydrogens is 245 g/mol. The normalized spacial score (nSPS) is 10.8. The van der Waals surface area contributed by atoms with E-state index in [1.807, 2.05) is 7.05 Å². The second-order valence-corrected chi connectivity index (χ2v) is 3.92. The van der Waals surface area contributed by atoms with Crippen LogP contribution < -0.4 is 5.32 Å². The Kier molecular flexibility index (Phi) is 3.71. The molecule has 0 saturated heterocycles. The molecule has 1 aromatic heterocycles. The van der Waals surface area contributed by atoms with Gasteiger partial charge in [0.15, 0.2) is 0 Å². The third-order valence-electron chi connectivity index (χ3n) is 2.22. The van der Waals surface area contributed by atoms with Crippen LogP contribution in [0, 0.1) is 5.82 Å². The van der Waals surface area contributed by atoms with E-state index in [-0.39, 0.29) is 11.5 Å². The van der Waals surface area contributed by atoms with Crippen molar-refractivity contribution in [3.05, 3.63) is 34.9 Å². The average Bonchev–Trinajstić information content (AvgIpc) is 2.75. The van der Waals surface area contributed by atoms with Gasteiger partial charge in [-0.1, -0.05) is 11.6 Å². The van der Waals surface area contributed by atoms with Gasteiger partial charge in [0.05, 0.1) is 5.56 Å². The van der Waals surface area contributed by atoms with Crippen molar-refractivity contribution in [1.82, 2.24) is 15.5 Å². The van der Waals surface area contributed by atoms with Crippen molar-refractivity contribution in [1.29, 1.82) is 0 Å². The van der Waals surface area contributed by atoms with Gasteiger partial charge >= 0.3 is 0 Å². The second-order valence-electron chi connectivity index (χ2n) is 3.48. The molecule has 0 fully saturated rings. The summed E-state index contributed by atoms with van der Waals surface area (Å²) < 4.78 is 18.9. The minimum absolute atomic E-state index is 0.172. The predicted molar refractivity (Wildman–Crippen MR) is 62.3 cm³/mol. The van der Waals surface area contributed by atoms with Crippen LogP contribution in [0.4, 0.5) is 4.39 Å². The van der Waals surface area contributed by atoms with E-state index in [4.69, 9.17) is 16.0 Å². The third-order valence-corrected chi connectivity index (χ3v) is 2.45. The molecule has 0 aliphatic rings. The first-order valence-corrected chi connectivity index (χ1v) is 5.51. The lowest BCUT2D eigenvalue weighted by atomic mass is 10.2. The van der Waals surface area contributed by atoms with E-state index in [0.717, 1.165) is 6.54 Å². The summed E-state index contributed by atoms with van der Waals surface area (Å²) in [5, 5.41) is 10.9. The maximum absolute atomic E-state index is 13.6. The fraction of sp³-hybridized carbons (Fsp3) is 0.273. The molecule has 0 aliphatic heterocycles. The SMILES string of the molecule is CNCCc1nnc(-c2ccc(Cl)cc2F)o1. The molecule has 6 heteroatoms. The Labute approximate surface area is 103 Å². The molecule has 1 aromatic carbocycles. The lowest BCUT2D eigenvalue weighted by molar-refractivity contribution is 0.496. The van der Waals surface area contributed by atoms with Crippen LogP contribution in [-0.4, -0.2) is 23.8 Å². The Balaban J connectivity index is 2.24. The molecule has 90 valence electrons. The summed E-state index contributed by atoms with van der Waals surface area (Å²) in [5.74, 6) is 0.176. The molecule has 4 nitrogen and oxygen atoms in total. The molecule has 1 N–H and O–H groups in total. The van der Waals surface area contributed by atoms with Gasteiger partial charge < -0.3 is 9.73 Å². The van der Waals surface area contributed by atoms with Crippen LogP contribution in [0.3, 0.4) is 0 Å². The van der Waals surface area contributed by atoms with Crippen LogP contribution in [0.25, 0.3) is 11.5 Å². The Morgan fingerprint density at radius 2 is 2.24 bits per heavy atom. The zero-order chi connectivity index (χ0) is 12.3. The minimum Gasteiger partial charge on any atom is -0.421 e. The van der Waals surface area contributed by atoms with Crippen LogP contribution in [0.5, 0.6) is 0 Å². The van der Waals surface area contributed by atoms with Gasteiger partial charge in [-0.3, -0.25) is 0 Å². The van der Waals surface area contributed by atoms with Crippen LogP contribution in [-0.2, 0) is 6.42 Å². The summed E-state index contributed by atoms with van der Waals surface area (Å²) in [6, 6.07) is 4.32. The molecule has 1 heterocycles. The van der Waals surface area contributed by atoms with Gasteiger partial charge in [0.1, 0.15) is 5.82 Å². The zero-order valence-electron chi connectivity index (χ0n) is 9.20. The minimum atomic E-state index is -0.471. The second kappa shape index (κ2) is 5.25. The summed E-state index contributed by atoms with van der Waals surface area (Å²) >= 11 is 5.66.